The van der Waals surface area contributed by atoms with Crippen molar-refractivity contribution in [3.05, 3.63) is 90.3 Å². The maximum atomic E-state index is 12.6. The first-order chi connectivity index (χ1) is 17.6. The van der Waals surface area contributed by atoms with Crippen molar-refractivity contribution in [3.63, 3.8) is 0 Å². The SMILES string of the molecule is N#Cc1cnc(-c2ccc3cc(C(=O)NC(/C=C\N)=C/N)[nH]c3c2)nc1Nc1ccc2[nH]ncc2c1. The normalized spacial score (nSPS) is 11.7. The number of hydrogen-bond donors (Lipinski definition) is 6. The number of amides is 1. The smallest absolute Gasteiger partial charge is 0.272 e. The van der Waals surface area contributed by atoms with E-state index in [2.05, 4.69) is 41.9 Å². The van der Waals surface area contributed by atoms with Crippen LogP contribution in [0.4, 0.5) is 11.5 Å². The number of fused-ring (bicyclic) bond motifs is 2. The number of nitrogens with two attached hydrogens (primary N) is 2. The third-order valence-electron chi connectivity index (χ3n) is 5.45. The van der Waals surface area contributed by atoms with Crippen LogP contribution < -0.4 is 22.1 Å². The number of carbonyl (C=O) groups excluding carboxylic acids is 1. The van der Waals surface area contributed by atoms with Gasteiger partial charge < -0.3 is 27.1 Å². The van der Waals surface area contributed by atoms with Gasteiger partial charge in [0.05, 0.1) is 23.6 Å². The molecule has 0 unspecified atom stereocenters. The fourth-order valence-corrected chi connectivity index (χ4v) is 3.68. The molecule has 0 aliphatic carbocycles. The number of carbonyl (C=O) groups is 1. The lowest BCUT2D eigenvalue weighted by Crippen LogP contribution is -2.23. The van der Waals surface area contributed by atoms with E-state index in [1.165, 1.54) is 24.7 Å². The summed E-state index contributed by atoms with van der Waals surface area (Å²) in [5, 5.41) is 24.1. The van der Waals surface area contributed by atoms with Crippen LogP contribution in [0.25, 0.3) is 33.2 Å². The van der Waals surface area contributed by atoms with Gasteiger partial charge in [0.1, 0.15) is 17.3 Å². The molecule has 0 aliphatic rings. The van der Waals surface area contributed by atoms with Gasteiger partial charge in [-0.05, 0) is 42.6 Å². The van der Waals surface area contributed by atoms with Crippen LogP contribution in [0.1, 0.15) is 16.1 Å². The Balaban J connectivity index is 1.44. The molecule has 176 valence electrons. The van der Waals surface area contributed by atoms with Crippen LogP contribution >= 0.6 is 0 Å². The van der Waals surface area contributed by atoms with E-state index in [0.29, 0.717) is 34.2 Å². The number of nitriles is 1. The summed E-state index contributed by atoms with van der Waals surface area (Å²) in [4.78, 5) is 24.6. The van der Waals surface area contributed by atoms with Crippen molar-refractivity contribution in [1.29, 1.82) is 5.26 Å². The Morgan fingerprint density at radius 1 is 1.06 bits per heavy atom. The Labute approximate surface area is 204 Å². The summed E-state index contributed by atoms with van der Waals surface area (Å²) in [5.41, 5.74) is 15.0. The summed E-state index contributed by atoms with van der Waals surface area (Å²) in [6, 6.07) is 15.1. The van der Waals surface area contributed by atoms with E-state index in [1.54, 1.807) is 12.3 Å². The average Bonchev–Trinajstić information content (AvgIpc) is 3.54. The fraction of sp³-hybridized carbons (Fsp3) is 0. The van der Waals surface area contributed by atoms with Crippen molar-refractivity contribution in [1.82, 2.24) is 30.5 Å². The third kappa shape index (κ3) is 4.29. The van der Waals surface area contributed by atoms with E-state index in [0.717, 1.165) is 27.5 Å². The maximum absolute atomic E-state index is 12.6. The zero-order valence-electron chi connectivity index (χ0n) is 18.8. The number of aromatic amines is 2. The van der Waals surface area contributed by atoms with Gasteiger partial charge in [0.25, 0.3) is 5.91 Å². The zero-order valence-corrected chi connectivity index (χ0v) is 18.8. The van der Waals surface area contributed by atoms with Gasteiger partial charge in [-0.1, -0.05) is 12.1 Å². The molecule has 5 rings (SSSR count). The Kier molecular flexibility index (Phi) is 5.74. The predicted octanol–water partition coefficient (Wildman–Crippen LogP) is 3.12. The quantitative estimate of drug-likeness (QED) is 0.202. The van der Waals surface area contributed by atoms with E-state index in [1.807, 2.05) is 36.4 Å². The predicted molar refractivity (Wildman–Crippen MR) is 136 cm³/mol. The number of benzene rings is 2. The lowest BCUT2D eigenvalue weighted by atomic mass is 10.1. The van der Waals surface area contributed by atoms with Crippen molar-refractivity contribution in [2.75, 3.05) is 5.32 Å². The number of anilines is 2. The van der Waals surface area contributed by atoms with E-state index in [9.17, 15) is 10.1 Å². The van der Waals surface area contributed by atoms with E-state index >= 15 is 0 Å². The van der Waals surface area contributed by atoms with E-state index < -0.39 is 0 Å². The summed E-state index contributed by atoms with van der Waals surface area (Å²) >= 11 is 0. The molecule has 0 aliphatic heterocycles. The Morgan fingerprint density at radius 3 is 2.75 bits per heavy atom. The molecule has 5 aromatic rings. The van der Waals surface area contributed by atoms with Gasteiger partial charge in [-0.15, -0.1) is 0 Å². The molecule has 11 nitrogen and oxygen atoms in total. The molecule has 0 atom stereocenters. The summed E-state index contributed by atoms with van der Waals surface area (Å²) in [5.74, 6) is 0.439. The lowest BCUT2D eigenvalue weighted by molar-refractivity contribution is 0.0963. The van der Waals surface area contributed by atoms with Crippen molar-refractivity contribution < 1.29 is 4.79 Å². The molecule has 0 saturated heterocycles. The zero-order chi connectivity index (χ0) is 25.1. The molecule has 0 radical (unpaired) electrons. The molecule has 0 saturated carbocycles. The minimum Gasteiger partial charge on any atom is -0.405 e. The second-order valence-electron chi connectivity index (χ2n) is 7.79. The number of allylic oxidation sites excluding steroid dienone is 1. The summed E-state index contributed by atoms with van der Waals surface area (Å²) in [7, 11) is 0. The molecular weight excluding hydrogens is 456 g/mol. The first kappa shape index (κ1) is 22.2. The molecule has 36 heavy (non-hydrogen) atoms. The molecule has 3 aromatic heterocycles. The Morgan fingerprint density at radius 2 is 1.94 bits per heavy atom. The maximum Gasteiger partial charge on any atom is 0.272 e. The van der Waals surface area contributed by atoms with Crippen LogP contribution in [0.15, 0.2) is 79.0 Å². The van der Waals surface area contributed by atoms with Crippen LogP contribution in [-0.4, -0.2) is 31.1 Å². The first-order valence-electron chi connectivity index (χ1n) is 10.8. The Hall–Kier alpha value is -5.63. The molecule has 0 fully saturated rings. The molecular formula is C25H20N10O. The highest BCUT2D eigenvalue weighted by molar-refractivity contribution is 5.99. The highest BCUT2D eigenvalue weighted by atomic mass is 16.1. The largest absolute Gasteiger partial charge is 0.405 e. The van der Waals surface area contributed by atoms with Gasteiger partial charge >= 0.3 is 0 Å². The van der Waals surface area contributed by atoms with Gasteiger partial charge in [0.15, 0.2) is 11.6 Å². The summed E-state index contributed by atoms with van der Waals surface area (Å²) in [6.07, 6.45) is 7.22. The van der Waals surface area contributed by atoms with E-state index in [4.69, 9.17) is 11.5 Å². The number of nitrogens with zero attached hydrogens (tertiary/aromatic N) is 4. The molecule has 0 spiro atoms. The molecule has 2 aromatic carbocycles. The van der Waals surface area contributed by atoms with Crippen molar-refractivity contribution in [2.45, 2.75) is 0 Å². The summed E-state index contributed by atoms with van der Waals surface area (Å²) in [6.45, 7) is 0. The minimum atomic E-state index is -0.363. The number of aromatic nitrogens is 5. The number of H-pyrrole nitrogens is 2. The molecule has 1 amide bonds. The lowest BCUT2D eigenvalue weighted by Gasteiger charge is -2.09. The van der Waals surface area contributed by atoms with Gasteiger partial charge in [-0.3, -0.25) is 9.89 Å². The molecule has 3 heterocycles. The average molecular weight is 477 g/mol. The monoisotopic (exact) mass is 476 g/mol. The molecule has 0 bridgehead atoms. The second-order valence-corrected chi connectivity index (χ2v) is 7.79. The van der Waals surface area contributed by atoms with Crippen LogP contribution in [-0.2, 0) is 0 Å². The standard InChI is InChI=1S/C25H20N10O/c26-6-5-19(11-28)32-25(36)22-8-14-1-2-15(9-21(14)33-22)23-29-12-17(10-27)24(34-23)31-18-3-4-20-16(7-18)13-30-35-20/h1-9,11-13,33H,26,28H2,(H,30,35)(H,32,36)(H,29,31,34)/b6-5-,19-11+. The van der Waals surface area contributed by atoms with Gasteiger partial charge in [-0.2, -0.15) is 10.4 Å². The highest BCUT2D eigenvalue weighted by Gasteiger charge is 2.13. The van der Waals surface area contributed by atoms with E-state index in [-0.39, 0.29) is 5.91 Å². The van der Waals surface area contributed by atoms with Crippen LogP contribution in [0.5, 0.6) is 0 Å². The van der Waals surface area contributed by atoms with Crippen molar-refractivity contribution in [3.8, 4) is 17.5 Å². The minimum absolute atomic E-state index is 0.307. The fourth-order valence-electron chi connectivity index (χ4n) is 3.68. The van der Waals surface area contributed by atoms with Gasteiger partial charge in [0, 0.05) is 33.7 Å². The van der Waals surface area contributed by atoms with Crippen molar-refractivity contribution >= 4 is 39.2 Å². The summed E-state index contributed by atoms with van der Waals surface area (Å²) < 4.78 is 0. The second kappa shape index (κ2) is 9.32. The number of hydrogen-bond acceptors (Lipinski definition) is 8. The van der Waals surface area contributed by atoms with Crippen LogP contribution in [0.3, 0.4) is 0 Å². The Bertz CT molecular complexity index is 1700. The number of nitrogens with one attached hydrogen (secondary N) is 4. The molecule has 8 N–H and O–H groups in total. The van der Waals surface area contributed by atoms with Crippen molar-refractivity contribution in [2.24, 2.45) is 11.5 Å². The van der Waals surface area contributed by atoms with Crippen LogP contribution in [0, 0.1) is 11.3 Å². The number of rotatable bonds is 6. The molecule has 11 heteroatoms. The van der Waals surface area contributed by atoms with Crippen LogP contribution in [0.2, 0.25) is 0 Å². The third-order valence-corrected chi connectivity index (χ3v) is 5.45. The van der Waals surface area contributed by atoms with Gasteiger partial charge in [0.2, 0.25) is 0 Å². The highest BCUT2D eigenvalue weighted by Crippen LogP contribution is 2.26. The topological polar surface area (TPSA) is 187 Å². The first-order valence-corrected chi connectivity index (χ1v) is 10.8. The van der Waals surface area contributed by atoms with Gasteiger partial charge in [-0.25, -0.2) is 9.97 Å².